The van der Waals surface area contributed by atoms with Crippen LogP contribution in [0.25, 0.3) is 0 Å². The van der Waals surface area contributed by atoms with E-state index in [1.807, 2.05) is 61.5 Å². The molecule has 0 saturated heterocycles. The van der Waals surface area contributed by atoms with Gasteiger partial charge in [0.1, 0.15) is 6.04 Å². The van der Waals surface area contributed by atoms with Crippen molar-refractivity contribution in [3.63, 3.8) is 0 Å². The van der Waals surface area contributed by atoms with Crippen LogP contribution in [0.2, 0.25) is 0 Å². The standard InChI is InChI=1S/C34H49N3O6/c1-6-37(31(39)29(36-33(41)34(4,5)35)20-14-17-25-15-10-9-11-16-25)24-23-28(32(40)43-8-3)27-19-13-12-18-26(27)21-22-30(38)42-7-2/h9-13,15-16,18-19,28-29H,6-8,14,17,20-24,35H2,1-5H3,(H,36,41)/t28?,29-/m1/s1. The molecule has 2 atom stereocenters. The second-order valence-corrected chi connectivity index (χ2v) is 11.1. The Kier molecular flexibility index (Phi) is 14.9. The van der Waals surface area contributed by atoms with E-state index in [9.17, 15) is 19.2 Å². The summed E-state index contributed by atoms with van der Waals surface area (Å²) in [6.07, 6.45) is 2.86. The maximum atomic E-state index is 13.8. The van der Waals surface area contributed by atoms with E-state index in [4.69, 9.17) is 15.2 Å². The molecule has 43 heavy (non-hydrogen) atoms. The number of hydrogen-bond donors (Lipinski definition) is 2. The van der Waals surface area contributed by atoms with Crippen molar-refractivity contribution in [3.8, 4) is 0 Å². The van der Waals surface area contributed by atoms with Crippen molar-refractivity contribution in [1.29, 1.82) is 0 Å². The maximum Gasteiger partial charge on any atom is 0.313 e. The van der Waals surface area contributed by atoms with Crippen molar-refractivity contribution in [3.05, 3.63) is 71.3 Å². The Bertz CT molecular complexity index is 1180. The highest BCUT2D eigenvalue weighted by molar-refractivity contribution is 5.91. The lowest BCUT2D eigenvalue weighted by molar-refractivity contribution is -0.146. The molecule has 0 aliphatic heterocycles. The molecule has 0 aliphatic carbocycles. The molecule has 2 amide bonds. The number of amides is 2. The summed E-state index contributed by atoms with van der Waals surface area (Å²) in [5.41, 5.74) is 7.68. The summed E-state index contributed by atoms with van der Waals surface area (Å²) in [6, 6.07) is 16.7. The molecular formula is C34H49N3O6. The smallest absolute Gasteiger partial charge is 0.313 e. The van der Waals surface area contributed by atoms with Gasteiger partial charge in [-0.25, -0.2) is 0 Å². The normalized spacial score (nSPS) is 12.6. The summed E-state index contributed by atoms with van der Waals surface area (Å²) >= 11 is 0. The molecular weight excluding hydrogens is 546 g/mol. The van der Waals surface area contributed by atoms with Crippen molar-refractivity contribution in [2.45, 2.75) is 90.6 Å². The molecule has 0 radical (unpaired) electrons. The van der Waals surface area contributed by atoms with E-state index in [2.05, 4.69) is 5.32 Å². The largest absolute Gasteiger partial charge is 0.466 e. The van der Waals surface area contributed by atoms with Crippen LogP contribution < -0.4 is 11.1 Å². The predicted octanol–water partition coefficient (Wildman–Crippen LogP) is 4.31. The van der Waals surface area contributed by atoms with Gasteiger partial charge in [-0.1, -0.05) is 54.6 Å². The van der Waals surface area contributed by atoms with E-state index in [1.165, 1.54) is 0 Å². The number of esters is 2. The Morgan fingerprint density at radius 1 is 0.884 bits per heavy atom. The van der Waals surface area contributed by atoms with E-state index >= 15 is 0 Å². The molecule has 1 unspecified atom stereocenters. The van der Waals surface area contributed by atoms with E-state index in [-0.39, 0.29) is 37.4 Å². The first-order chi connectivity index (χ1) is 20.5. The number of rotatable bonds is 18. The number of nitrogens with zero attached hydrogens (tertiary/aromatic N) is 1. The third kappa shape index (κ3) is 11.8. The second kappa shape index (κ2) is 18.1. The minimum Gasteiger partial charge on any atom is -0.466 e. The van der Waals surface area contributed by atoms with Crippen LogP contribution in [0.4, 0.5) is 0 Å². The van der Waals surface area contributed by atoms with Gasteiger partial charge in [-0.2, -0.15) is 0 Å². The summed E-state index contributed by atoms with van der Waals surface area (Å²) in [4.78, 5) is 53.5. The van der Waals surface area contributed by atoms with Gasteiger partial charge in [0.15, 0.2) is 0 Å². The first-order valence-electron chi connectivity index (χ1n) is 15.3. The quantitative estimate of drug-likeness (QED) is 0.246. The fraction of sp³-hybridized carbons (Fsp3) is 0.529. The summed E-state index contributed by atoms with van der Waals surface area (Å²) in [5.74, 6) is -1.93. The number of nitrogens with two attached hydrogens (primary N) is 1. The number of ether oxygens (including phenoxy) is 2. The summed E-state index contributed by atoms with van der Waals surface area (Å²) < 4.78 is 10.5. The Labute approximate surface area is 256 Å². The van der Waals surface area contributed by atoms with E-state index in [0.717, 1.165) is 23.1 Å². The average Bonchev–Trinajstić information content (AvgIpc) is 2.98. The van der Waals surface area contributed by atoms with Gasteiger partial charge in [-0.15, -0.1) is 0 Å². The van der Waals surface area contributed by atoms with Crippen LogP contribution >= 0.6 is 0 Å². The Morgan fingerprint density at radius 2 is 1.53 bits per heavy atom. The van der Waals surface area contributed by atoms with E-state index in [1.54, 1.807) is 32.6 Å². The van der Waals surface area contributed by atoms with Crippen molar-refractivity contribution in [2.24, 2.45) is 5.73 Å². The monoisotopic (exact) mass is 595 g/mol. The fourth-order valence-corrected chi connectivity index (χ4v) is 4.90. The molecule has 0 aromatic heterocycles. The lowest BCUT2D eigenvalue weighted by atomic mass is 9.89. The Hall–Kier alpha value is -3.72. The topological polar surface area (TPSA) is 128 Å². The number of likely N-dealkylation sites (N-methyl/N-ethyl adjacent to an activating group) is 1. The molecule has 9 heteroatoms. The van der Waals surface area contributed by atoms with Gasteiger partial charge in [-0.3, -0.25) is 19.2 Å². The number of carbonyl (C=O) groups is 4. The fourth-order valence-electron chi connectivity index (χ4n) is 4.90. The average molecular weight is 596 g/mol. The highest BCUT2D eigenvalue weighted by Crippen LogP contribution is 2.27. The maximum absolute atomic E-state index is 13.8. The molecule has 0 aliphatic rings. The van der Waals surface area contributed by atoms with Crippen molar-refractivity contribution in [2.75, 3.05) is 26.3 Å². The van der Waals surface area contributed by atoms with Crippen molar-refractivity contribution >= 4 is 23.8 Å². The van der Waals surface area contributed by atoms with Gasteiger partial charge >= 0.3 is 11.9 Å². The Morgan fingerprint density at radius 3 is 2.16 bits per heavy atom. The molecule has 0 fully saturated rings. The van der Waals surface area contributed by atoms with E-state index in [0.29, 0.717) is 38.8 Å². The minimum absolute atomic E-state index is 0.196. The zero-order valence-corrected chi connectivity index (χ0v) is 26.4. The number of aryl methyl sites for hydroxylation is 2. The van der Waals surface area contributed by atoms with Gasteiger partial charge in [-0.05, 0) is 83.4 Å². The van der Waals surface area contributed by atoms with Crippen LogP contribution in [0.3, 0.4) is 0 Å². The van der Waals surface area contributed by atoms with Crippen LogP contribution in [-0.2, 0) is 41.5 Å². The van der Waals surface area contributed by atoms with Gasteiger partial charge < -0.3 is 25.4 Å². The SMILES string of the molecule is CCOC(=O)CCc1ccccc1C(CCN(CC)C(=O)[C@@H](CCCc1ccccc1)NC(=O)C(C)(C)N)C(=O)OCC. The number of benzene rings is 2. The van der Waals surface area contributed by atoms with Crippen LogP contribution in [-0.4, -0.2) is 66.5 Å². The van der Waals surface area contributed by atoms with E-state index < -0.39 is 23.4 Å². The molecule has 9 nitrogen and oxygen atoms in total. The lowest BCUT2D eigenvalue weighted by Gasteiger charge is -2.30. The molecule has 0 bridgehead atoms. The molecule has 0 spiro atoms. The third-order valence-corrected chi connectivity index (χ3v) is 7.28. The number of carbonyl (C=O) groups excluding carboxylic acids is 4. The highest BCUT2D eigenvalue weighted by Gasteiger charge is 2.31. The van der Waals surface area contributed by atoms with Crippen molar-refractivity contribution < 1.29 is 28.7 Å². The number of hydrogen-bond acceptors (Lipinski definition) is 7. The van der Waals surface area contributed by atoms with Gasteiger partial charge in [0.2, 0.25) is 11.8 Å². The second-order valence-electron chi connectivity index (χ2n) is 11.1. The zero-order valence-electron chi connectivity index (χ0n) is 26.4. The molecule has 2 aromatic carbocycles. The lowest BCUT2D eigenvalue weighted by Crippen LogP contribution is -2.56. The van der Waals surface area contributed by atoms with Gasteiger partial charge in [0.05, 0.1) is 24.7 Å². The summed E-state index contributed by atoms with van der Waals surface area (Å²) in [5, 5.41) is 2.88. The van der Waals surface area contributed by atoms with Gasteiger partial charge in [0, 0.05) is 19.5 Å². The zero-order chi connectivity index (χ0) is 31.8. The molecule has 236 valence electrons. The molecule has 3 N–H and O–H groups in total. The summed E-state index contributed by atoms with van der Waals surface area (Å²) in [7, 11) is 0. The highest BCUT2D eigenvalue weighted by atomic mass is 16.5. The molecule has 0 saturated carbocycles. The first kappa shape index (κ1) is 35.5. The number of nitrogens with one attached hydrogen (secondary N) is 1. The van der Waals surface area contributed by atoms with Crippen LogP contribution in [0.5, 0.6) is 0 Å². The van der Waals surface area contributed by atoms with Crippen LogP contribution in [0.1, 0.15) is 82.9 Å². The van der Waals surface area contributed by atoms with Gasteiger partial charge in [0.25, 0.3) is 0 Å². The molecule has 2 aromatic rings. The summed E-state index contributed by atoms with van der Waals surface area (Å²) in [6.45, 7) is 9.82. The molecule has 2 rings (SSSR count). The predicted molar refractivity (Wildman–Crippen MR) is 167 cm³/mol. The molecule has 0 heterocycles. The van der Waals surface area contributed by atoms with Crippen LogP contribution in [0.15, 0.2) is 54.6 Å². The third-order valence-electron chi connectivity index (χ3n) is 7.28. The van der Waals surface area contributed by atoms with Crippen molar-refractivity contribution in [1.82, 2.24) is 10.2 Å². The minimum atomic E-state index is -1.14. The van der Waals surface area contributed by atoms with Crippen LogP contribution in [0, 0.1) is 0 Å². The first-order valence-corrected chi connectivity index (χ1v) is 15.3. The Balaban J connectivity index is 2.23.